The molecule has 1 rings (SSSR count). The molecule has 0 aromatic heterocycles. The lowest BCUT2D eigenvalue weighted by Gasteiger charge is -2.16. The SMILES string of the molecule is CCCC(C)NC(=O)COc1c(C)cc(CNC)cc1C. The average molecular weight is 292 g/mol. The van der Waals surface area contributed by atoms with E-state index in [1.165, 1.54) is 5.56 Å². The zero-order valence-corrected chi connectivity index (χ0v) is 13.9. The van der Waals surface area contributed by atoms with Gasteiger partial charge in [0, 0.05) is 12.6 Å². The first-order valence-electron chi connectivity index (χ1n) is 7.64. The van der Waals surface area contributed by atoms with Crippen LogP contribution in [0.2, 0.25) is 0 Å². The summed E-state index contributed by atoms with van der Waals surface area (Å²) in [6.07, 6.45) is 2.05. The number of hydrogen-bond donors (Lipinski definition) is 2. The van der Waals surface area contributed by atoms with Crippen LogP contribution in [0.1, 0.15) is 43.4 Å². The molecule has 21 heavy (non-hydrogen) atoms. The van der Waals surface area contributed by atoms with Crippen LogP contribution in [0.15, 0.2) is 12.1 Å². The standard InChI is InChI=1S/C17H28N2O2/c1-6-7-14(4)19-16(20)11-21-17-12(2)8-15(10-18-5)9-13(17)3/h8-9,14,18H,6-7,10-11H2,1-5H3,(H,19,20). The lowest BCUT2D eigenvalue weighted by atomic mass is 10.1. The number of ether oxygens (including phenoxy) is 1. The van der Waals surface area contributed by atoms with Gasteiger partial charge < -0.3 is 15.4 Å². The Morgan fingerprint density at radius 2 is 1.90 bits per heavy atom. The first-order valence-corrected chi connectivity index (χ1v) is 7.64. The Morgan fingerprint density at radius 3 is 2.43 bits per heavy atom. The maximum absolute atomic E-state index is 11.8. The molecule has 2 N–H and O–H groups in total. The summed E-state index contributed by atoms with van der Waals surface area (Å²) in [5, 5.41) is 6.08. The van der Waals surface area contributed by atoms with Crippen LogP contribution in [0.3, 0.4) is 0 Å². The fourth-order valence-electron chi connectivity index (χ4n) is 2.53. The summed E-state index contributed by atoms with van der Waals surface area (Å²) >= 11 is 0. The van der Waals surface area contributed by atoms with Gasteiger partial charge in [0.15, 0.2) is 6.61 Å². The highest BCUT2D eigenvalue weighted by Crippen LogP contribution is 2.24. The molecule has 0 spiro atoms. The van der Waals surface area contributed by atoms with Gasteiger partial charge in [-0.15, -0.1) is 0 Å². The van der Waals surface area contributed by atoms with Crippen molar-refractivity contribution in [3.8, 4) is 5.75 Å². The van der Waals surface area contributed by atoms with Gasteiger partial charge in [0.1, 0.15) is 5.75 Å². The molecule has 0 saturated carbocycles. The summed E-state index contributed by atoms with van der Waals surface area (Å²) < 4.78 is 5.71. The van der Waals surface area contributed by atoms with Gasteiger partial charge in [-0.2, -0.15) is 0 Å². The lowest BCUT2D eigenvalue weighted by Crippen LogP contribution is -2.36. The number of aryl methyl sites for hydroxylation is 2. The Morgan fingerprint density at radius 1 is 1.29 bits per heavy atom. The molecule has 0 aliphatic carbocycles. The van der Waals surface area contributed by atoms with E-state index in [1.807, 2.05) is 27.8 Å². The van der Waals surface area contributed by atoms with Gasteiger partial charge >= 0.3 is 0 Å². The van der Waals surface area contributed by atoms with E-state index in [0.717, 1.165) is 36.3 Å². The molecule has 0 aliphatic heterocycles. The third-order valence-electron chi connectivity index (χ3n) is 3.38. The quantitative estimate of drug-likeness (QED) is 0.774. The van der Waals surface area contributed by atoms with Crippen LogP contribution < -0.4 is 15.4 Å². The van der Waals surface area contributed by atoms with Crippen LogP contribution in [0.5, 0.6) is 5.75 Å². The van der Waals surface area contributed by atoms with Crippen molar-refractivity contribution >= 4 is 5.91 Å². The van der Waals surface area contributed by atoms with Crippen molar-refractivity contribution in [3.63, 3.8) is 0 Å². The smallest absolute Gasteiger partial charge is 0.258 e. The van der Waals surface area contributed by atoms with Crippen LogP contribution in [0.4, 0.5) is 0 Å². The molecule has 1 aromatic rings. The predicted molar refractivity (Wildman–Crippen MR) is 86.7 cm³/mol. The van der Waals surface area contributed by atoms with Crippen molar-refractivity contribution in [1.82, 2.24) is 10.6 Å². The minimum absolute atomic E-state index is 0.0611. The van der Waals surface area contributed by atoms with E-state index < -0.39 is 0 Å². The highest BCUT2D eigenvalue weighted by Gasteiger charge is 2.10. The van der Waals surface area contributed by atoms with Gasteiger partial charge in [0.2, 0.25) is 0 Å². The van der Waals surface area contributed by atoms with Gasteiger partial charge in [-0.25, -0.2) is 0 Å². The van der Waals surface area contributed by atoms with Crippen LogP contribution in [-0.4, -0.2) is 25.6 Å². The largest absolute Gasteiger partial charge is 0.483 e. The zero-order valence-electron chi connectivity index (χ0n) is 13.9. The summed E-state index contributed by atoms with van der Waals surface area (Å²) in [6.45, 7) is 9.05. The summed E-state index contributed by atoms with van der Waals surface area (Å²) in [5.74, 6) is 0.752. The molecule has 0 radical (unpaired) electrons. The molecule has 1 atom stereocenters. The van der Waals surface area contributed by atoms with Crippen molar-refractivity contribution in [2.75, 3.05) is 13.7 Å². The summed E-state index contributed by atoms with van der Waals surface area (Å²) in [6, 6.07) is 4.39. The van der Waals surface area contributed by atoms with Crippen LogP contribution in [0.25, 0.3) is 0 Å². The number of benzene rings is 1. The molecular weight excluding hydrogens is 264 g/mol. The fourth-order valence-corrected chi connectivity index (χ4v) is 2.53. The number of nitrogens with one attached hydrogen (secondary N) is 2. The summed E-state index contributed by atoms with van der Waals surface area (Å²) in [4.78, 5) is 11.8. The molecule has 0 aliphatic rings. The highest BCUT2D eigenvalue weighted by atomic mass is 16.5. The molecular formula is C17H28N2O2. The van der Waals surface area contributed by atoms with E-state index in [4.69, 9.17) is 4.74 Å². The van der Waals surface area contributed by atoms with Crippen LogP contribution in [-0.2, 0) is 11.3 Å². The molecule has 1 aromatic carbocycles. The van der Waals surface area contributed by atoms with Crippen molar-refractivity contribution in [2.45, 2.75) is 53.1 Å². The van der Waals surface area contributed by atoms with Gasteiger partial charge in [-0.1, -0.05) is 25.5 Å². The van der Waals surface area contributed by atoms with Gasteiger partial charge in [-0.05, 0) is 50.9 Å². The molecule has 4 heteroatoms. The number of amides is 1. The predicted octanol–water partition coefficient (Wildman–Crippen LogP) is 2.71. The third-order valence-corrected chi connectivity index (χ3v) is 3.38. The molecule has 0 bridgehead atoms. The highest BCUT2D eigenvalue weighted by molar-refractivity contribution is 5.77. The van der Waals surface area contributed by atoms with Crippen molar-refractivity contribution in [3.05, 3.63) is 28.8 Å². The first kappa shape index (κ1) is 17.5. The Balaban J connectivity index is 2.61. The van der Waals surface area contributed by atoms with E-state index in [0.29, 0.717) is 0 Å². The number of carbonyl (C=O) groups excluding carboxylic acids is 1. The number of carbonyl (C=O) groups is 1. The summed E-state index contributed by atoms with van der Waals surface area (Å²) in [5.41, 5.74) is 3.35. The zero-order chi connectivity index (χ0) is 15.8. The third kappa shape index (κ3) is 5.76. The monoisotopic (exact) mass is 292 g/mol. The molecule has 0 heterocycles. The van der Waals surface area contributed by atoms with Gasteiger partial charge in [0.05, 0.1) is 0 Å². The molecule has 0 saturated heterocycles. The van der Waals surface area contributed by atoms with Gasteiger partial charge in [0.25, 0.3) is 5.91 Å². The van der Waals surface area contributed by atoms with E-state index >= 15 is 0 Å². The second-order valence-electron chi connectivity index (χ2n) is 5.63. The Labute approximate surface area is 128 Å². The summed E-state index contributed by atoms with van der Waals surface area (Å²) in [7, 11) is 1.93. The Kier molecular flexibility index (Phi) is 7.23. The molecule has 118 valence electrons. The van der Waals surface area contributed by atoms with E-state index in [9.17, 15) is 4.79 Å². The molecule has 4 nitrogen and oxygen atoms in total. The van der Waals surface area contributed by atoms with Crippen molar-refractivity contribution < 1.29 is 9.53 Å². The normalized spacial score (nSPS) is 12.0. The fraction of sp³-hybridized carbons (Fsp3) is 0.588. The van der Waals surface area contributed by atoms with Gasteiger partial charge in [-0.3, -0.25) is 4.79 Å². The maximum Gasteiger partial charge on any atom is 0.258 e. The second kappa shape index (κ2) is 8.67. The Hall–Kier alpha value is -1.55. The maximum atomic E-state index is 11.8. The molecule has 1 amide bonds. The molecule has 0 fully saturated rings. The van der Waals surface area contributed by atoms with E-state index in [2.05, 4.69) is 29.7 Å². The lowest BCUT2D eigenvalue weighted by molar-refractivity contribution is -0.123. The first-order chi connectivity index (χ1) is 9.97. The minimum atomic E-state index is -0.0611. The number of hydrogen-bond acceptors (Lipinski definition) is 3. The van der Waals surface area contributed by atoms with Crippen LogP contribution >= 0.6 is 0 Å². The van der Waals surface area contributed by atoms with E-state index in [1.54, 1.807) is 0 Å². The van der Waals surface area contributed by atoms with E-state index in [-0.39, 0.29) is 18.6 Å². The second-order valence-corrected chi connectivity index (χ2v) is 5.63. The van der Waals surface area contributed by atoms with Crippen LogP contribution in [0, 0.1) is 13.8 Å². The van der Waals surface area contributed by atoms with Crippen molar-refractivity contribution in [1.29, 1.82) is 0 Å². The average Bonchev–Trinajstić information content (AvgIpc) is 2.38. The molecule has 1 unspecified atom stereocenters. The van der Waals surface area contributed by atoms with Crippen molar-refractivity contribution in [2.24, 2.45) is 0 Å². The number of rotatable bonds is 8. The minimum Gasteiger partial charge on any atom is -0.483 e. The topological polar surface area (TPSA) is 50.4 Å². The Bertz CT molecular complexity index is 449.